The minimum atomic E-state index is 0. The Morgan fingerprint density at radius 2 is 1.21 bits per heavy atom. The topological polar surface area (TPSA) is 49.8 Å². The monoisotopic (exact) mass is 976 g/mol. The summed E-state index contributed by atoms with van der Waals surface area (Å²) in [6.45, 7) is 15.6. The molecule has 0 saturated carbocycles. The van der Waals surface area contributed by atoms with Crippen LogP contribution in [0.2, 0.25) is 0 Å². The molecule has 0 aliphatic carbocycles. The van der Waals surface area contributed by atoms with E-state index in [0.717, 1.165) is 61.5 Å². The van der Waals surface area contributed by atoms with Crippen molar-refractivity contribution in [3.05, 3.63) is 174 Å². The molecule has 0 amide bonds. The number of rotatable bonds is 9. The maximum atomic E-state index is 6.62. The van der Waals surface area contributed by atoms with Gasteiger partial charge in [0.2, 0.25) is 0 Å². The van der Waals surface area contributed by atoms with Crippen molar-refractivity contribution in [3.8, 4) is 39.8 Å². The van der Waals surface area contributed by atoms with Crippen LogP contribution in [0.3, 0.4) is 0 Å². The Bertz CT molecular complexity index is 3180. The van der Waals surface area contributed by atoms with Crippen LogP contribution in [0.4, 0.5) is 0 Å². The molecule has 0 fully saturated rings. The molecule has 10 rings (SSSR count). The van der Waals surface area contributed by atoms with E-state index < -0.39 is 0 Å². The predicted octanol–water partition coefficient (Wildman–Crippen LogP) is 14.2. The van der Waals surface area contributed by atoms with E-state index in [1.54, 1.807) is 0 Å². The van der Waals surface area contributed by atoms with Gasteiger partial charge in [-0.05, 0) is 64.6 Å². The van der Waals surface area contributed by atoms with Crippen LogP contribution in [0.15, 0.2) is 140 Å². The number of para-hydroxylation sites is 3. The average molecular weight is 977 g/mol. The number of aryl methyl sites for hydroxylation is 1. The van der Waals surface area contributed by atoms with Crippen molar-refractivity contribution < 1.29 is 25.8 Å². The van der Waals surface area contributed by atoms with Crippen LogP contribution in [0.1, 0.15) is 81.8 Å². The summed E-state index contributed by atoms with van der Waals surface area (Å²) in [5.74, 6) is 2.90. The van der Waals surface area contributed by atoms with E-state index >= 15 is 0 Å². The van der Waals surface area contributed by atoms with Gasteiger partial charge in [-0.1, -0.05) is 132 Å². The second kappa shape index (κ2) is 16.0. The standard InChI is InChI=1S/C54H47N5O.Pt/c1-33(2)42-21-14-23-46-47-24-15-22-43(34(3)4)54(47)57(53(42)46)38-28-29-55-50(31-38)58-48-25-12-11-20-44(48)45-27-26-41(32-49(45)58)60-40-19-13-18-39(30-40)59-52(35(5)6)51(36(7)56-59)37-16-9-8-10-17-37;/h8-29,31,33-35H,1-7H3;/q-2;+2. The van der Waals surface area contributed by atoms with Crippen LogP contribution in [-0.4, -0.2) is 23.9 Å². The van der Waals surface area contributed by atoms with E-state index in [1.807, 2.05) is 41.2 Å². The number of hydrogen-bond acceptors (Lipinski definition) is 3. The maximum Gasteiger partial charge on any atom is 2.00 e. The first-order chi connectivity index (χ1) is 29.2. The molecule has 4 aromatic heterocycles. The first-order valence-electron chi connectivity index (χ1n) is 21.0. The van der Waals surface area contributed by atoms with Crippen molar-refractivity contribution in [2.75, 3.05) is 0 Å². The minimum Gasteiger partial charge on any atom is -0.509 e. The first kappa shape index (κ1) is 40.2. The van der Waals surface area contributed by atoms with E-state index in [1.165, 1.54) is 32.9 Å². The molecule has 0 radical (unpaired) electrons. The zero-order valence-corrected chi connectivity index (χ0v) is 37.7. The molecule has 4 heterocycles. The number of nitrogens with zero attached hydrogens (tertiary/aromatic N) is 5. The molecule has 0 saturated heterocycles. The number of benzene rings is 6. The van der Waals surface area contributed by atoms with Gasteiger partial charge in [0.15, 0.2) is 0 Å². The zero-order chi connectivity index (χ0) is 41.2. The van der Waals surface area contributed by atoms with Gasteiger partial charge in [-0.25, -0.2) is 4.98 Å². The average Bonchev–Trinajstić information content (AvgIpc) is 3.91. The summed E-state index contributed by atoms with van der Waals surface area (Å²) in [4.78, 5) is 5.05. The van der Waals surface area contributed by atoms with Gasteiger partial charge >= 0.3 is 21.1 Å². The minimum absolute atomic E-state index is 0. The van der Waals surface area contributed by atoms with Gasteiger partial charge < -0.3 is 13.9 Å². The quantitative estimate of drug-likeness (QED) is 0.135. The zero-order valence-electron chi connectivity index (χ0n) is 35.5. The van der Waals surface area contributed by atoms with Gasteiger partial charge in [0.1, 0.15) is 5.82 Å². The molecule has 0 bridgehead atoms. The smallest absolute Gasteiger partial charge is 0.509 e. The summed E-state index contributed by atoms with van der Waals surface area (Å²) in [6, 6.07) is 54.1. The molecule has 0 aliphatic rings. The fourth-order valence-corrected chi connectivity index (χ4v) is 9.16. The van der Waals surface area contributed by atoms with E-state index in [0.29, 0.717) is 23.3 Å². The van der Waals surface area contributed by atoms with Crippen LogP contribution in [0, 0.1) is 19.1 Å². The van der Waals surface area contributed by atoms with Gasteiger partial charge in [0.05, 0.1) is 28.1 Å². The molecule has 10 aromatic rings. The fourth-order valence-electron chi connectivity index (χ4n) is 9.16. The van der Waals surface area contributed by atoms with Crippen LogP contribution < -0.4 is 4.74 Å². The number of pyridine rings is 1. The van der Waals surface area contributed by atoms with Gasteiger partial charge in [0, 0.05) is 45.6 Å². The van der Waals surface area contributed by atoms with Gasteiger partial charge in [-0.2, -0.15) is 17.2 Å². The van der Waals surface area contributed by atoms with Crippen molar-refractivity contribution in [2.45, 2.75) is 66.2 Å². The van der Waals surface area contributed by atoms with Crippen molar-refractivity contribution in [1.29, 1.82) is 0 Å². The third kappa shape index (κ3) is 6.78. The molecule has 7 heteroatoms. The van der Waals surface area contributed by atoms with Crippen molar-refractivity contribution in [1.82, 2.24) is 23.9 Å². The molecular formula is C54H47N5OPt. The normalized spacial score (nSPS) is 11.8. The number of aromatic nitrogens is 5. The summed E-state index contributed by atoms with van der Waals surface area (Å²) < 4.78 is 13.3. The summed E-state index contributed by atoms with van der Waals surface area (Å²) in [7, 11) is 0. The Morgan fingerprint density at radius 1 is 0.574 bits per heavy atom. The number of hydrogen-bond donors (Lipinski definition) is 0. The Labute approximate surface area is 371 Å². The SMILES string of the molecule is Cc1nn(-c2[c-]c(Oc3[c-]c4c(cc3)c3ccccc3n4-c3cc(-n4c5c(C(C)C)cccc5c5cccc(C(C)C)c54)ccn3)ccc2)c(C(C)C)c1-c1ccccc1.[Pt+2]. The van der Waals surface area contributed by atoms with Gasteiger partial charge in [-0.15, -0.1) is 35.7 Å². The molecule has 6 nitrogen and oxygen atoms in total. The van der Waals surface area contributed by atoms with E-state index in [-0.39, 0.29) is 27.0 Å². The van der Waals surface area contributed by atoms with Crippen LogP contribution >= 0.6 is 0 Å². The third-order valence-corrected chi connectivity index (χ3v) is 11.8. The van der Waals surface area contributed by atoms with Crippen LogP contribution in [0.5, 0.6) is 11.5 Å². The predicted molar refractivity (Wildman–Crippen MR) is 247 cm³/mol. The molecule has 0 spiro atoms. The molecule has 0 N–H and O–H groups in total. The van der Waals surface area contributed by atoms with Gasteiger partial charge in [0.25, 0.3) is 0 Å². The van der Waals surface area contributed by atoms with Crippen LogP contribution in [-0.2, 0) is 21.1 Å². The summed E-state index contributed by atoms with van der Waals surface area (Å²) >= 11 is 0. The van der Waals surface area contributed by atoms with Gasteiger partial charge in [-0.3, -0.25) is 4.68 Å². The molecule has 0 aliphatic heterocycles. The largest absolute Gasteiger partial charge is 2.00 e. The second-order valence-electron chi connectivity index (χ2n) is 16.7. The Hall–Kier alpha value is -6.23. The van der Waals surface area contributed by atoms with E-state index in [4.69, 9.17) is 14.8 Å². The molecule has 0 atom stereocenters. The van der Waals surface area contributed by atoms with Crippen LogP contribution in [0.25, 0.3) is 71.9 Å². The Morgan fingerprint density at radius 3 is 1.90 bits per heavy atom. The summed E-state index contributed by atoms with van der Waals surface area (Å²) in [5.41, 5.74) is 13.4. The Balaban J connectivity index is 0.00000476. The second-order valence-corrected chi connectivity index (χ2v) is 16.7. The van der Waals surface area contributed by atoms with E-state index in [2.05, 4.69) is 173 Å². The Kier molecular flexibility index (Phi) is 10.5. The molecular weight excluding hydrogens is 930 g/mol. The third-order valence-electron chi connectivity index (χ3n) is 11.8. The number of ether oxygens (including phenoxy) is 1. The number of fused-ring (bicyclic) bond motifs is 6. The van der Waals surface area contributed by atoms with Crippen molar-refractivity contribution in [2.24, 2.45) is 0 Å². The molecule has 304 valence electrons. The fraction of sp³-hybridized carbons (Fsp3) is 0.185. The summed E-state index contributed by atoms with van der Waals surface area (Å²) in [6.07, 6.45) is 1.94. The van der Waals surface area contributed by atoms with E-state index in [9.17, 15) is 0 Å². The van der Waals surface area contributed by atoms with Crippen molar-refractivity contribution in [3.63, 3.8) is 0 Å². The van der Waals surface area contributed by atoms with Crippen molar-refractivity contribution >= 4 is 43.6 Å². The molecule has 6 aromatic carbocycles. The molecule has 61 heavy (non-hydrogen) atoms. The summed E-state index contributed by atoms with van der Waals surface area (Å²) in [5, 5.41) is 9.77. The molecule has 0 unspecified atom stereocenters. The first-order valence-corrected chi connectivity index (χ1v) is 21.0. The maximum absolute atomic E-state index is 6.62.